The number of nitrogens with two attached hydrogens (primary N) is 1. The molecule has 1 aliphatic rings. The van der Waals surface area contributed by atoms with Crippen molar-refractivity contribution >= 4 is 6.09 Å². The van der Waals surface area contributed by atoms with Gasteiger partial charge in [-0.2, -0.15) is 0 Å². The first-order valence-corrected chi connectivity index (χ1v) is 7.16. The molecule has 0 bridgehead atoms. The van der Waals surface area contributed by atoms with Crippen LogP contribution < -0.4 is 10.5 Å². The van der Waals surface area contributed by atoms with Gasteiger partial charge in [-0.05, 0) is 33.3 Å². The Bertz CT molecular complexity index is 499. The van der Waals surface area contributed by atoms with E-state index < -0.39 is 5.60 Å². The zero-order valence-corrected chi connectivity index (χ0v) is 12.8. The number of hydrogen-bond acceptors (Lipinski definition) is 5. The highest BCUT2D eigenvalue weighted by Gasteiger charge is 2.35. The van der Waals surface area contributed by atoms with E-state index in [0.717, 1.165) is 12.0 Å². The largest absolute Gasteiger partial charge is 0.489 e. The van der Waals surface area contributed by atoms with Crippen LogP contribution in [0.25, 0.3) is 0 Å². The van der Waals surface area contributed by atoms with Gasteiger partial charge in [0.2, 0.25) is 0 Å². The molecule has 2 N–H and O–H groups in total. The lowest BCUT2D eigenvalue weighted by molar-refractivity contribution is -0.0142. The van der Waals surface area contributed by atoms with Gasteiger partial charge in [-0.15, -0.1) is 0 Å². The summed E-state index contributed by atoms with van der Waals surface area (Å²) in [6, 6.07) is 1.88. The fourth-order valence-corrected chi connectivity index (χ4v) is 2.07. The predicted octanol–water partition coefficient (Wildman–Crippen LogP) is 1.93. The second-order valence-corrected chi connectivity index (χ2v) is 6.11. The molecular formula is C15H23N3O3. The Balaban J connectivity index is 1.88. The lowest BCUT2D eigenvalue weighted by Crippen LogP contribution is -2.55. The van der Waals surface area contributed by atoms with E-state index in [0.29, 0.717) is 25.4 Å². The number of ether oxygens (including phenoxy) is 2. The summed E-state index contributed by atoms with van der Waals surface area (Å²) in [7, 11) is 0. The molecule has 0 spiro atoms. The Hall–Kier alpha value is -1.82. The number of nitrogens with zero attached hydrogens (tertiary/aromatic N) is 2. The van der Waals surface area contributed by atoms with Gasteiger partial charge in [0.25, 0.3) is 0 Å². The van der Waals surface area contributed by atoms with E-state index in [-0.39, 0.29) is 12.1 Å². The first-order valence-electron chi connectivity index (χ1n) is 7.16. The lowest BCUT2D eigenvalue weighted by atomic mass is 10.1. The molecule has 2 rings (SSSR count). The molecule has 1 aliphatic heterocycles. The molecule has 6 nitrogen and oxygen atoms in total. The van der Waals surface area contributed by atoms with Gasteiger partial charge in [0.15, 0.2) is 0 Å². The minimum Gasteiger partial charge on any atom is -0.489 e. The third-order valence-electron chi connectivity index (χ3n) is 3.29. The molecule has 1 aromatic rings. The van der Waals surface area contributed by atoms with Crippen LogP contribution in [0.15, 0.2) is 18.5 Å². The van der Waals surface area contributed by atoms with Gasteiger partial charge in [0, 0.05) is 24.8 Å². The van der Waals surface area contributed by atoms with Crippen LogP contribution in [0.4, 0.5) is 4.79 Å². The van der Waals surface area contributed by atoms with E-state index in [9.17, 15) is 4.79 Å². The molecule has 116 valence electrons. The number of amides is 1. The number of rotatable bonds is 4. The second kappa shape index (κ2) is 6.30. The maximum absolute atomic E-state index is 12.0. The minimum atomic E-state index is -0.478. The average Bonchev–Trinajstić information content (AvgIpc) is 2.35. The van der Waals surface area contributed by atoms with Gasteiger partial charge in [-0.3, -0.25) is 4.98 Å². The Labute approximate surface area is 125 Å². The summed E-state index contributed by atoms with van der Waals surface area (Å²) in [4.78, 5) is 17.7. The quantitative estimate of drug-likeness (QED) is 0.917. The van der Waals surface area contributed by atoms with E-state index in [2.05, 4.69) is 4.98 Å². The fraction of sp³-hybridized carbons (Fsp3) is 0.600. The van der Waals surface area contributed by atoms with Gasteiger partial charge < -0.3 is 20.1 Å². The number of carbonyl (C=O) groups is 1. The third kappa shape index (κ3) is 4.07. The Morgan fingerprint density at radius 1 is 1.52 bits per heavy atom. The van der Waals surface area contributed by atoms with Crippen molar-refractivity contribution < 1.29 is 14.3 Å². The number of aromatic nitrogens is 1. The molecule has 6 heteroatoms. The highest BCUT2D eigenvalue weighted by Crippen LogP contribution is 2.23. The normalized spacial score (nSPS) is 18.1. The Kier molecular flexibility index (Phi) is 4.67. The van der Waals surface area contributed by atoms with E-state index >= 15 is 0 Å². The van der Waals surface area contributed by atoms with Crippen LogP contribution in [0.2, 0.25) is 0 Å². The number of pyridine rings is 1. The minimum absolute atomic E-state index is 0.0469. The SMILES string of the molecule is CC(C)(C)OC(=O)N1CCC1COc1cnccc1CN. The van der Waals surface area contributed by atoms with Crippen molar-refractivity contribution in [2.45, 2.75) is 45.4 Å². The molecule has 0 saturated carbocycles. The molecule has 1 atom stereocenters. The summed E-state index contributed by atoms with van der Waals surface area (Å²) in [5, 5.41) is 0. The van der Waals surface area contributed by atoms with Crippen molar-refractivity contribution in [2.75, 3.05) is 13.2 Å². The van der Waals surface area contributed by atoms with E-state index in [1.807, 2.05) is 26.8 Å². The third-order valence-corrected chi connectivity index (χ3v) is 3.29. The van der Waals surface area contributed by atoms with Crippen LogP contribution in [0.1, 0.15) is 32.8 Å². The second-order valence-electron chi connectivity index (χ2n) is 6.11. The summed E-state index contributed by atoms with van der Waals surface area (Å²) in [6.07, 6.45) is 3.97. The lowest BCUT2D eigenvalue weighted by Gasteiger charge is -2.41. The average molecular weight is 293 g/mol. The van der Waals surface area contributed by atoms with Crippen LogP contribution in [-0.2, 0) is 11.3 Å². The number of likely N-dealkylation sites (tertiary alicyclic amines) is 1. The summed E-state index contributed by atoms with van der Waals surface area (Å²) in [5.41, 5.74) is 6.09. The fourth-order valence-electron chi connectivity index (χ4n) is 2.07. The molecule has 21 heavy (non-hydrogen) atoms. The van der Waals surface area contributed by atoms with Crippen molar-refractivity contribution in [3.8, 4) is 5.75 Å². The zero-order valence-electron chi connectivity index (χ0n) is 12.8. The van der Waals surface area contributed by atoms with Gasteiger partial charge in [0.1, 0.15) is 18.0 Å². The first-order chi connectivity index (χ1) is 9.90. The zero-order chi connectivity index (χ0) is 15.5. The van der Waals surface area contributed by atoms with Crippen molar-refractivity contribution in [1.82, 2.24) is 9.88 Å². The Morgan fingerprint density at radius 3 is 2.86 bits per heavy atom. The molecule has 1 fully saturated rings. The molecule has 2 heterocycles. The van der Waals surface area contributed by atoms with Crippen molar-refractivity contribution in [3.63, 3.8) is 0 Å². The predicted molar refractivity (Wildman–Crippen MR) is 79.0 cm³/mol. The molecule has 1 unspecified atom stereocenters. The van der Waals surface area contributed by atoms with E-state index in [1.165, 1.54) is 0 Å². The van der Waals surface area contributed by atoms with Crippen LogP contribution in [-0.4, -0.2) is 40.8 Å². The summed E-state index contributed by atoms with van der Waals surface area (Å²) in [6.45, 7) is 7.12. The first kappa shape index (κ1) is 15.6. The maximum Gasteiger partial charge on any atom is 0.410 e. The number of hydrogen-bond donors (Lipinski definition) is 1. The standard InChI is InChI=1S/C15H23N3O3/c1-15(2,3)21-14(19)18-7-5-12(18)10-20-13-9-17-6-4-11(13)8-16/h4,6,9,12H,5,7-8,10,16H2,1-3H3. The van der Waals surface area contributed by atoms with Crippen LogP contribution in [0, 0.1) is 0 Å². The summed E-state index contributed by atoms with van der Waals surface area (Å²) in [5.74, 6) is 0.677. The smallest absolute Gasteiger partial charge is 0.410 e. The highest BCUT2D eigenvalue weighted by atomic mass is 16.6. The highest BCUT2D eigenvalue weighted by molar-refractivity contribution is 5.69. The summed E-state index contributed by atoms with van der Waals surface area (Å²) < 4.78 is 11.1. The van der Waals surface area contributed by atoms with Gasteiger partial charge in [-0.1, -0.05) is 0 Å². The number of carbonyl (C=O) groups excluding carboxylic acids is 1. The van der Waals surface area contributed by atoms with E-state index in [1.54, 1.807) is 17.3 Å². The maximum atomic E-state index is 12.0. The molecule has 0 aliphatic carbocycles. The van der Waals surface area contributed by atoms with Gasteiger partial charge in [0.05, 0.1) is 12.2 Å². The van der Waals surface area contributed by atoms with Crippen molar-refractivity contribution in [3.05, 3.63) is 24.0 Å². The van der Waals surface area contributed by atoms with Gasteiger partial charge in [-0.25, -0.2) is 4.79 Å². The topological polar surface area (TPSA) is 77.7 Å². The van der Waals surface area contributed by atoms with Crippen LogP contribution in [0.5, 0.6) is 5.75 Å². The monoisotopic (exact) mass is 293 g/mol. The molecule has 0 radical (unpaired) electrons. The van der Waals surface area contributed by atoms with Crippen molar-refractivity contribution in [2.24, 2.45) is 5.73 Å². The molecule has 1 amide bonds. The molecule has 0 aromatic carbocycles. The van der Waals surface area contributed by atoms with Crippen molar-refractivity contribution in [1.29, 1.82) is 0 Å². The summed E-state index contributed by atoms with van der Waals surface area (Å²) >= 11 is 0. The van der Waals surface area contributed by atoms with E-state index in [4.69, 9.17) is 15.2 Å². The Morgan fingerprint density at radius 2 is 2.29 bits per heavy atom. The molecule has 1 saturated heterocycles. The van der Waals surface area contributed by atoms with Crippen LogP contribution >= 0.6 is 0 Å². The van der Waals surface area contributed by atoms with Crippen LogP contribution in [0.3, 0.4) is 0 Å². The molecular weight excluding hydrogens is 270 g/mol. The van der Waals surface area contributed by atoms with Gasteiger partial charge >= 0.3 is 6.09 Å². The molecule has 1 aromatic heterocycles.